The minimum Gasteiger partial charge on any atom is -0.486 e. The first kappa shape index (κ1) is 13.6. The maximum atomic E-state index is 12.7. The van der Waals surface area contributed by atoms with Crippen LogP contribution in [0.5, 0.6) is 5.75 Å². The number of hydrogen-bond acceptors (Lipinski definition) is 3. The molecule has 2 aromatic rings. The smallest absolute Gasteiger partial charge is 0.146 e. The van der Waals surface area contributed by atoms with Gasteiger partial charge in [0.1, 0.15) is 29.7 Å². The van der Waals surface area contributed by atoms with Gasteiger partial charge in [-0.25, -0.2) is 4.39 Å². The molecule has 0 bridgehead atoms. The van der Waals surface area contributed by atoms with E-state index >= 15 is 0 Å². The highest BCUT2D eigenvalue weighted by molar-refractivity contribution is 5.24. The third kappa shape index (κ3) is 3.83. The van der Waals surface area contributed by atoms with Crippen LogP contribution >= 0.6 is 0 Å². The van der Waals surface area contributed by atoms with Gasteiger partial charge in [-0.15, -0.1) is 0 Å². The summed E-state index contributed by atoms with van der Waals surface area (Å²) in [5.74, 6) is 2.03. The third-order valence-corrected chi connectivity index (χ3v) is 2.83. The van der Waals surface area contributed by atoms with E-state index in [0.29, 0.717) is 12.4 Å². The summed E-state index contributed by atoms with van der Waals surface area (Å²) in [6, 6.07) is 7.94. The Hall–Kier alpha value is -1.81. The molecule has 1 aromatic carbocycles. The van der Waals surface area contributed by atoms with Crippen LogP contribution in [0.15, 0.2) is 34.7 Å². The van der Waals surface area contributed by atoms with Gasteiger partial charge in [0, 0.05) is 12.1 Å². The fourth-order valence-electron chi connectivity index (χ4n) is 1.78. The second-order valence-corrected chi connectivity index (χ2v) is 4.32. The molecule has 4 heteroatoms. The van der Waals surface area contributed by atoms with Crippen LogP contribution < -0.4 is 10.1 Å². The zero-order valence-corrected chi connectivity index (χ0v) is 11.2. The number of nitrogens with one attached hydrogen (secondary N) is 1. The molecule has 0 radical (unpaired) electrons. The lowest BCUT2D eigenvalue weighted by Crippen LogP contribution is -2.11. The van der Waals surface area contributed by atoms with E-state index in [1.54, 1.807) is 12.1 Å². The molecule has 0 fully saturated rings. The number of aryl methyl sites for hydroxylation is 1. The molecule has 19 heavy (non-hydrogen) atoms. The van der Waals surface area contributed by atoms with Crippen molar-refractivity contribution in [2.75, 3.05) is 6.54 Å². The molecule has 3 nitrogen and oxygen atoms in total. The first-order valence-electron chi connectivity index (χ1n) is 6.36. The number of ether oxygens (including phenoxy) is 1. The molecule has 0 aliphatic heterocycles. The van der Waals surface area contributed by atoms with Crippen molar-refractivity contribution in [3.8, 4) is 5.75 Å². The van der Waals surface area contributed by atoms with Crippen LogP contribution in [-0.2, 0) is 13.2 Å². The standard InChI is InChI=1S/C15H18FNO2/c1-3-17-9-12-8-15(19-11(12)2)10-18-14-6-4-13(16)5-7-14/h4-8,17H,3,9-10H2,1-2H3. The van der Waals surface area contributed by atoms with Crippen molar-refractivity contribution in [3.63, 3.8) is 0 Å². The Labute approximate surface area is 112 Å². The highest BCUT2D eigenvalue weighted by Gasteiger charge is 2.07. The van der Waals surface area contributed by atoms with Gasteiger partial charge in [-0.1, -0.05) is 6.92 Å². The average molecular weight is 263 g/mol. The van der Waals surface area contributed by atoms with Crippen molar-refractivity contribution in [1.29, 1.82) is 0 Å². The Balaban J connectivity index is 1.94. The average Bonchev–Trinajstić information content (AvgIpc) is 2.76. The van der Waals surface area contributed by atoms with Crippen molar-refractivity contribution in [2.45, 2.75) is 27.0 Å². The Morgan fingerprint density at radius 1 is 1.26 bits per heavy atom. The van der Waals surface area contributed by atoms with Gasteiger partial charge in [-0.05, 0) is 43.8 Å². The summed E-state index contributed by atoms with van der Waals surface area (Å²) in [4.78, 5) is 0. The summed E-state index contributed by atoms with van der Waals surface area (Å²) in [7, 11) is 0. The summed E-state index contributed by atoms with van der Waals surface area (Å²) in [5, 5.41) is 3.26. The van der Waals surface area contributed by atoms with Crippen molar-refractivity contribution >= 4 is 0 Å². The first-order chi connectivity index (χ1) is 9.19. The number of benzene rings is 1. The molecule has 0 aliphatic rings. The van der Waals surface area contributed by atoms with Crippen LogP contribution in [0.3, 0.4) is 0 Å². The predicted molar refractivity (Wildman–Crippen MR) is 71.6 cm³/mol. The molecular formula is C15H18FNO2. The van der Waals surface area contributed by atoms with Crippen LogP contribution in [0.1, 0.15) is 24.0 Å². The minimum atomic E-state index is -0.269. The summed E-state index contributed by atoms with van der Waals surface area (Å²) < 4.78 is 23.9. The van der Waals surface area contributed by atoms with E-state index in [1.165, 1.54) is 12.1 Å². The van der Waals surface area contributed by atoms with Crippen LogP contribution in [0.25, 0.3) is 0 Å². The molecule has 2 rings (SSSR count). The van der Waals surface area contributed by atoms with Crippen LogP contribution in [-0.4, -0.2) is 6.54 Å². The highest BCUT2D eigenvalue weighted by Crippen LogP contribution is 2.18. The van der Waals surface area contributed by atoms with Gasteiger partial charge >= 0.3 is 0 Å². The highest BCUT2D eigenvalue weighted by atomic mass is 19.1. The van der Waals surface area contributed by atoms with E-state index in [-0.39, 0.29) is 5.82 Å². The summed E-state index contributed by atoms with van der Waals surface area (Å²) >= 11 is 0. The lowest BCUT2D eigenvalue weighted by Gasteiger charge is -2.03. The van der Waals surface area contributed by atoms with E-state index in [2.05, 4.69) is 12.2 Å². The minimum absolute atomic E-state index is 0.269. The molecule has 102 valence electrons. The predicted octanol–water partition coefficient (Wildman–Crippen LogP) is 3.42. The van der Waals surface area contributed by atoms with E-state index < -0.39 is 0 Å². The number of furan rings is 1. The normalized spacial score (nSPS) is 10.7. The summed E-state index contributed by atoms with van der Waals surface area (Å²) in [6.45, 7) is 6.06. The van der Waals surface area contributed by atoms with Gasteiger partial charge < -0.3 is 14.5 Å². The molecule has 0 unspecified atom stereocenters. The second-order valence-electron chi connectivity index (χ2n) is 4.32. The molecule has 1 aromatic heterocycles. The molecule has 0 atom stereocenters. The quantitative estimate of drug-likeness (QED) is 0.867. The fraction of sp³-hybridized carbons (Fsp3) is 0.333. The molecular weight excluding hydrogens is 245 g/mol. The maximum absolute atomic E-state index is 12.7. The lowest BCUT2D eigenvalue weighted by molar-refractivity contribution is 0.267. The monoisotopic (exact) mass is 263 g/mol. The van der Waals surface area contributed by atoms with Crippen LogP contribution in [0, 0.1) is 12.7 Å². The molecule has 0 spiro atoms. The summed E-state index contributed by atoms with van der Waals surface area (Å²) in [5.41, 5.74) is 1.14. The molecule has 0 saturated carbocycles. The van der Waals surface area contributed by atoms with Crippen molar-refractivity contribution in [2.24, 2.45) is 0 Å². The van der Waals surface area contributed by atoms with Gasteiger partial charge in [0.15, 0.2) is 0 Å². The Bertz CT molecular complexity index is 519. The van der Waals surface area contributed by atoms with Crippen LogP contribution in [0.4, 0.5) is 4.39 Å². The lowest BCUT2D eigenvalue weighted by atomic mass is 10.2. The van der Waals surface area contributed by atoms with E-state index in [9.17, 15) is 4.39 Å². The van der Waals surface area contributed by atoms with Crippen molar-refractivity contribution < 1.29 is 13.5 Å². The number of hydrogen-bond donors (Lipinski definition) is 1. The van der Waals surface area contributed by atoms with Crippen molar-refractivity contribution in [3.05, 3.63) is 53.2 Å². The fourth-order valence-corrected chi connectivity index (χ4v) is 1.78. The Morgan fingerprint density at radius 2 is 2.00 bits per heavy atom. The first-order valence-corrected chi connectivity index (χ1v) is 6.36. The molecule has 1 heterocycles. The summed E-state index contributed by atoms with van der Waals surface area (Å²) in [6.07, 6.45) is 0. The van der Waals surface area contributed by atoms with Gasteiger partial charge in [-0.2, -0.15) is 0 Å². The SMILES string of the molecule is CCNCc1cc(COc2ccc(F)cc2)oc1C. The van der Waals surface area contributed by atoms with Crippen molar-refractivity contribution in [1.82, 2.24) is 5.32 Å². The van der Waals surface area contributed by atoms with Crippen LogP contribution in [0.2, 0.25) is 0 Å². The number of rotatable bonds is 6. The maximum Gasteiger partial charge on any atom is 0.146 e. The van der Waals surface area contributed by atoms with E-state index in [1.807, 2.05) is 13.0 Å². The molecule has 0 saturated heterocycles. The molecule has 1 N–H and O–H groups in total. The molecule has 0 aliphatic carbocycles. The Morgan fingerprint density at radius 3 is 2.68 bits per heavy atom. The molecule has 0 amide bonds. The van der Waals surface area contributed by atoms with Gasteiger partial charge in [0.05, 0.1) is 0 Å². The topological polar surface area (TPSA) is 34.4 Å². The van der Waals surface area contributed by atoms with E-state index in [4.69, 9.17) is 9.15 Å². The van der Waals surface area contributed by atoms with Gasteiger partial charge in [0.25, 0.3) is 0 Å². The largest absolute Gasteiger partial charge is 0.486 e. The van der Waals surface area contributed by atoms with Gasteiger partial charge in [-0.3, -0.25) is 0 Å². The number of halogens is 1. The Kier molecular flexibility index (Phi) is 4.58. The van der Waals surface area contributed by atoms with E-state index in [0.717, 1.165) is 30.2 Å². The zero-order chi connectivity index (χ0) is 13.7. The zero-order valence-electron chi connectivity index (χ0n) is 11.2. The third-order valence-electron chi connectivity index (χ3n) is 2.83. The second kappa shape index (κ2) is 6.38. The van der Waals surface area contributed by atoms with Gasteiger partial charge in [0.2, 0.25) is 0 Å².